The average molecular weight is 310 g/mol. The highest BCUT2D eigenvalue weighted by atomic mass is 16.5. The second-order valence-corrected chi connectivity index (χ2v) is 5.39. The Labute approximate surface area is 131 Å². The van der Waals surface area contributed by atoms with Gasteiger partial charge in [0.2, 0.25) is 5.75 Å². The van der Waals surface area contributed by atoms with E-state index in [1.54, 1.807) is 21.3 Å². The van der Waals surface area contributed by atoms with Crippen molar-refractivity contribution < 1.29 is 19.3 Å². The molecule has 2 rings (SSSR count). The number of aliphatic hydroxyl groups excluding tert-OH is 1. The molecule has 2 atom stereocenters. The van der Waals surface area contributed by atoms with Crippen LogP contribution in [0.4, 0.5) is 0 Å². The molecule has 0 radical (unpaired) electrons. The maximum absolute atomic E-state index is 9.64. The van der Waals surface area contributed by atoms with E-state index in [0.29, 0.717) is 30.3 Å². The van der Waals surface area contributed by atoms with E-state index in [2.05, 4.69) is 11.8 Å². The van der Waals surface area contributed by atoms with Crippen molar-refractivity contribution in [3.05, 3.63) is 17.2 Å². The Morgan fingerprint density at radius 3 is 2.41 bits per heavy atom. The van der Waals surface area contributed by atoms with Gasteiger partial charge in [-0.2, -0.15) is 0 Å². The van der Waals surface area contributed by atoms with Crippen molar-refractivity contribution >= 4 is 0 Å². The summed E-state index contributed by atoms with van der Waals surface area (Å²) >= 11 is 0. The lowest BCUT2D eigenvalue weighted by atomic mass is 10.0. The molecule has 0 saturated carbocycles. The van der Waals surface area contributed by atoms with E-state index in [0.717, 1.165) is 17.5 Å². The Balaban J connectivity index is 2.56. The number of rotatable bonds is 7. The lowest BCUT2D eigenvalue weighted by molar-refractivity contribution is 0.0887. The van der Waals surface area contributed by atoms with Crippen molar-refractivity contribution in [2.24, 2.45) is 5.73 Å². The summed E-state index contributed by atoms with van der Waals surface area (Å²) in [6.45, 7) is 3.34. The van der Waals surface area contributed by atoms with Gasteiger partial charge in [0.1, 0.15) is 0 Å². The van der Waals surface area contributed by atoms with Gasteiger partial charge in [-0.3, -0.25) is 4.90 Å². The molecule has 2 unspecified atom stereocenters. The second kappa shape index (κ2) is 7.17. The van der Waals surface area contributed by atoms with Crippen molar-refractivity contribution in [2.75, 3.05) is 34.5 Å². The molecular formula is C16H26N2O4. The van der Waals surface area contributed by atoms with E-state index in [9.17, 15) is 5.11 Å². The molecule has 0 aromatic heterocycles. The number of nitrogens with zero attached hydrogens (tertiary/aromatic N) is 1. The summed E-state index contributed by atoms with van der Waals surface area (Å²) < 4.78 is 16.5. The first-order chi connectivity index (χ1) is 10.7. The third kappa shape index (κ3) is 2.62. The minimum atomic E-state index is 0.00172. The summed E-state index contributed by atoms with van der Waals surface area (Å²) in [5.41, 5.74) is 8.17. The van der Waals surface area contributed by atoms with Crippen LogP contribution >= 0.6 is 0 Å². The van der Waals surface area contributed by atoms with E-state index in [1.165, 1.54) is 0 Å². The Hall–Kier alpha value is -1.50. The molecular weight excluding hydrogens is 284 g/mol. The van der Waals surface area contributed by atoms with Crippen molar-refractivity contribution in [3.8, 4) is 17.2 Å². The third-order valence-electron chi connectivity index (χ3n) is 4.41. The number of methoxy groups -OCH3 is 3. The van der Waals surface area contributed by atoms with Gasteiger partial charge in [0, 0.05) is 24.7 Å². The fraction of sp³-hybridized carbons (Fsp3) is 0.625. The van der Waals surface area contributed by atoms with Gasteiger partial charge in [-0.05, 0) is 18.1 Å². The zero-order valence-electron chi connectivity index (χ0n) is 13.8. The van der Waals surface area contributed by atoms with Crippen LogP contribution in [0.5, 0.6) is 17.2 Å². The van der Waals surface area contributed by atoms with E-state index < -0.39 is 0 Å². The summed E-state index contributed by atoms with van der Waals surface area (Å²) in [4.78, 5) is 2.23. The normalized spacial score (nSPS) is 18.9. The summed E-state index contributed by atoms with van der Waals surface area (Å²) in [5, 5.41) is 9.64. The van der Waals surface area contributed by atoms with Gasteiger partial charge in [0.05, 0.1) is 34.0 Å². The maximum atomic E-state index is 9.64. The van der Waals surface area contributed by atoms with E-state index in [4.69, 9.17) is 19.9 Å². The molecule has 0 bridgehead atoms. The summed E-state index contributed by atoms with van der Waals surface area (Å²) in [6, 6.07) is 2.05. The predicted octanol–water partition coefficient (Wildman–Crippen LogP) is 1.30. The number of aliphatic hydroxyl groups is 1. The predicted molar refractivity (Wildman–Crippen MR) is 84.6 cm³/mol. The average Bonchev–Trinajstić information content (AvgIpc) is 2.91. The van der Waals surface area contributed by atoms with Crippen LogP contribution in [-0.4, -0.2) is 50.5 Å². The quantitative estimate of drug-likeness (QED) is 0.790. The molecule has 1 heterocycles. The molecule has 1 aliphatic rings. The molecule has 0 spiro atoms. The van der Waals surface area contributed by atoms with Gasteiger partial charge in [-0.25, -0.2) is 0 Å². The molecule has 6 nitrogen and oxygen atoms in total. The van der Waals surface area contributed by atoms with Crippen LogP contribution < -0.4 is 19.9 Å². The van der Waals surface area contributed by atoms with Crippen LogP contribution in [-0.2, 0) is 6.54 Å². The van der Waals surface area contributed by atoms with Crippen molar-refractivity contribution in [1.29, 1.82) is 0 Å². The Morgan fingerprint density at radius 1 is 1.27 bits per heavy atom. The highest BCUT2D eigenvalue weighted by Crippen LogP contribution is 2.49. The van der Waals surface area contributed by atoms with Gasteiger partial charge < -0.3 is 25.1 Å². The number of fused-ring (bicyclic) bond motifs is 1. The van der Waals surface area contributed by atoms with Gasteiger partial charge in [0.15, 0.2) is 11.5 Å². The van der Waals surface area contributed by atoms with Crippen LogP contribution in [0.25, 0.3) is 0 Å². The molecule has 6 heteroatoms. The van der Waals surface area contributed by atoms with Crippen LogP contribution in [0.2, 0.25) is 0 Å². The molecule has 0 aliphatic carbocycles. The highest BCUT2D eigenvalue weighted by Gasteiger charge is 2.38. The number of hydrogen-bond donors (Lipinski definition) is 2. The van der Waals surface area contributed by atoms with Gasteiger partial charge in [-0.15, -0.1) is 0 Å². The first kappa shape index (κ1) is 16.9. The maximum Gasteiger partial charge on any atom is 0.203 e. The summed E-state index contributed by atoms with van der Waals surface area (Å²) in [7, 11) is 4.83. The van der Waals surface area contributed by atoms with Gasteiger partial charge in [0.25, 0.3) is 0 Å². The third-order valence-corrected chi connectivity index (χ3v) is 4.41. The van der Waals surface area contributed by atoms with Crippen molar-refractivity contribution in [1.82, 2.24) is 4.90 Å². The molecule has 1 aromatic rings. The fourth-order valence-corrected chi connectivity index (χ4v) is 3.30. The highest BCUT2D eigenvalue weighted by molar-refractivity contribution is 5.61. The monoisotopic (exact) mass is 310 g/mol. The molecule has 0 amide bonds. The smallest absolute Gasteiger partial charge is 0.203 e. The lowest BCUT2D eigenvalue weighted by Crippen LogP contribution is -2.39. The van der Waals surface area contributed by atoms with E-state index >= 15 is 0 Å². The van der Waals surface area contributed by atoms with E-state index in [1.807, 2.05) is 6.07 Å². The number of nitrogens with two attached hydrogens (primary N) is 1. The molecule has 0 saturated heterocycles. The Kier molecular flexibility index (Phi) is 5.50. The van der Waals surface area contributed by atoms with Gasteiger partial charge >= 0.3 is 0 Å². The first-order valence-corrected chi connectivity index (χ1v) is 7.55. The fourth-order valence-electron chi connectivity index (χ4n) is 3.30. The molecule has 3 N–H and O–H groups in total. The SMILES string of the molecule is CCC(CO)N1Cc2cc(OC)c(OC)c(OC)c2C1CN. The molecule has 22 heavy (non-hydrogen) atoms. The Bertz CT molecular complexity index is 517. The second-order valence-electron chi connectivity index (χ2n) is 5.39. The zero-order valence-corrected chi connectivity index (χ0v) is 13.8. The molecule has 1 aromatic carbocycles. The molecule has 0 fully saturated rings. The minimum Gasteiger partial charge on any atom is -0.493 e. The molecule has 1 aliphatic heterocycles. The topological polar surface area (TPSA) is 77.2 Å². The van der Waals surface area contributed by atoms with Crippen LogP contribution in [0, 0.1) is 0 Å². The van der Waals surface area contributed by atoms with Crippen LogP contribution in [0.15, 0.2) is 6.07 Å². The zero-order chi connectivity index (χ0) is 16.3. The largest absolute Gasteiger partial charge is 0.493 e. The molecule has 124 valence electrons. The first-order valence-electron chi connectivity index (χ1n) is 7.55. The number of benzene rings is 1. The lowest BCUT2D eigenvalue weighted by Gasteiger charge is -2.31. The van der Waals surface area contributed by atoms with E-state index in [-0.39, 0.29) is 18.7 Å². The van der Waals surface area contributed by atoms with Crippen LogP contribution in [0.3, 0.4) is 0 Å². The van der Waals surface area contributed by atoms with Crippen LogP contribution in [0.1, 0.15) is 30.5 Å². The number of hydrogen-bond acceptors (Lipinski definition) is 6. The summed E-state index contributed by atoms with van der Waals surface area (Å²) in [5.74, 6) is 1.90. The standard InChI is InChI=1S/C16H26N2O4/c1-5-11(9-19)18-8-10-6-13(20-2)15(21-3)16(22-4)14(10)12(18)7-17/h6,11-12,19H,5,7-9,17H2,1-4H3. The minimum absolute atomic E-state index is 0.00172. The van der Waals surface area contributed by atoms with Gasteiger partial charge in [-0.1, -0.05) is 6.92 Å². The summed E-state index contributed by atoms with van der Waals surface area (Å²) in [6.07, 6.45) is 0.859. The number of ether oxygens (including phenoxy) is 3. The van der Waals surface area contributed by atoms with Crippen molar-refractivity contribution in [3.63, 3.8) is 0 Å². The van der Waals surface area contributed by atoms with Crippen molar-refractivity contribution in [2.45, 2.75) is 32.0 Å². The Morgan fingerprint density at radius 2 is 1.95 bits per heavy atom.